The quantitative estimate of drug-likeness (QED) is 0.626. The Kier molecular flexibility index (Phi) is 2.56. The van der Waals surface area contributed by atoms with Crippen LogP contribution in [0.25, 0.3) is 0 Å². The molecule has 3 fully saturated rings. The van der Waals surface area contributed by atoms with Gasteiger partial charge in [-0.1, -0.05) is 13.0 Å². The van der Waals surface area contributed by atoms with E-state index >= 15 is 0 Å². The molecule has 4 aliphatic heterocycles. The largest absolute Gasteiger partial charge is 0.326 e. The van der Waals surface area contributed by atoms with Gasteiger partial charge in [-0.3, -0.25) is 4.90 Å². The van der Waals surface area contributed by atoms with Crippen molar-refractivity contribution >= 4 is 0 Å². The molecule has 4 aliphatic rings. The Morgan fingerprint density at radius 1 is 1.33 bits per heavy atom. The van der Waals surface area contributed by atoms with Gasteiger partial charge in [-0.05, 0) is 25.8 Å². The van der Waals surface area contributed by atoms with Gasteiger partial charge in [-0.25, -0.2) is 6.08 Å². The van der Waals surface area contributed by atoms with E-state index in [0.717, 1.165) is 17.9 Å². The molecule has 0 aliphatic carbocycles. The molecule has 0 amide bonds. The number of rotatable bonds is 0. The van der Waals surface area contributed by atoms with Crippen LogP contribution in [0.4, 0.5) is 0 Å². The Balaban J connectivity index is 1.62. The predicted molar refractivity (Wildman–Crippen MR) is 73.0 cm³/mol. The summed E-state index contributed by atoms with van der Waals surface area (Å²) < 4.78 is 0. The molecule has 0 saturated carbocycles. The van der Waals surface area contributed by atoms with Crippen molar-refractivity contribution in [1.82, 2.24) is 4.90 Å². The number of hydrogen-bond donors (Lipinski definition) is 1. The summed E-state index contributed by atoms with van der Waals surface area (Å²) in [6, 6.07) is 1.60. The van der Waals surface area contributed by atoms with Crippen LogP contribution in [-0.2, 0) is 0 Å². The smallest absolute Gasteiger partial charge is 0.0842 e. The molecule has 0 aromatic heterocycles. The highest BCUT2D eigenvalue weighted by Crippen LogP contribution is 2.37. The minimum Gasteiger partial charge on any atom is -0.326 e. The molecule has 98 valence electrons. The average molecular weight is 244 g/mol. The van der Waals surface area contributed by atoms with Crippen molar-refractivity contribution < 1.29 is 4.90 Å². The minimum absolute atomic E-state index is 0.710. The summed E-state index contributed by atoms with van der Waals surface area (Å²) in [5, 5.41) is 0. The number of nitrogens with one attached hydrogen (secondary N) is 1. The molecule has 4 rings (SSSR count). The summed E-state index contributed by atoms with van der Waals surface area (Å²) in [5.41, 5.74) is 1.32. The molecule has 5 atom stereocenters. The molecule has 1 N–H and O–H groups in total. The maximum absolute atomic E-state index is 4.27. The molecule has 0 aromatic rings. The van der Waals surface area contributed by atoms with Crippen molar-refractivity contribution in [3.05, 3.63) is 30.8 Å². The average Bonchev–Trinajstić information content (AvgIpc) is 2.40. The van der Waals surface area contributed by atoms with Gasteiger partial charge in [0, 0.05) is 30.1 Å². The second-order valence-electron chi connectivity index (χ2n) is 6.65. The van der Waals surface area contributed by atoms with E-state index in [1.807, 2.05) is 0 Å². The Bertz CT molecular complexity index is 387. The SMILES string of the molecule is C=C1C=C[CH-]C2[C@H]3C[C@@H](C[NH+]12)[C@H]1CCCCN1C3. The second kappa shape index (κ2) is 4.14. The van der Waals surface area contributed by atoms with Crippen molar-refractivity contribution in [2.45, 2.75) is 37.8 Å². The molecule has 3 saturated heterocycles. The zero-order chi connectivity index (χ0) is 12.1. The number of nitrogens with zero attached hydrogens (tertiary/aromatic N) is 1. The molecule has 2 nitrogen and oxygen atoms in total. The van der Waals surface area contributed by atoms with Crippen molar-refractivity contribution in [1.29, 1.82) is 0 Å². The summed E-state index contributed by atoms with van der Waals surface area (Å²) in [4.78, 5) is 4.48. The zero-order valence-electron chi connectivity index (χ0n) is 11.1. The van der Waals surface area contributed by atoms with E-state index in [1.54, 1.807) is 4.90 Å². The fourth-order valence-electron chi connectivity index (χ4n) is 4.90. The topological polar surface area (TPSA) is 7.68 Å². The molecule has 2 unspecified atom stereocenters. The molecule has 4 heterocycles. The summed E-state index contributed by atoms with van der Waals surface area (Å²) in [5.74, 6) is 1.79. The third kappa shape index (κ3) is 1.59. The molecule has 2 heteroatoms. The van der Waals surface area contributed by atoms with E-state index in [9.17, 15) is 0 Å². The third-order valence-corrected chi connectivity index (χ3v) is 5.70. The maximum Gasteiger partial charge on any atom is 0.0842 e. The van der Waals surface area contributed by atoms with Crippen LogP contribution in [0.5, 0.6) is 0 Å². The van der Waals surface area contributed by atoms with Crippen molar-refractivity contribution in [2.75, 3.05) is 19.6 Å². The van der Waals surface area contributed by atoms with E-state index in [2.05, 4.69) is 30.1 Å². The Morgan fingerprint density at radius 2 is 2.28 bits per heavy atom. The van der Waals surface area contributed by atoms with Crippen LogP contribution in [0.15, 0.2) is 24.4 Å². The molecule has 0 spiro atoms. The van der Waals surface area contributed by atoms with E-state index in [4.69, 9.17) is 0 Å². The van der Waals surface area contributed by atoms with Crippen LogP contribution in [-0.4, -0.2) is 36.6 Å². The van der Waals surface area contributed by atoms with Crippen LogP contribution in [0, 0.1) is 18.3 Å². The van der Waals surface area contributed by atoms with Crippen molar-refractivity contribution in [2.24, 2.45) is 11.8 Å². The fraction of sp³-hybridized carbons (Fsp3) is 0.688. The van der Waals surface area contributed by atoms with E-state index in [1.165, 1.54) is 51.0 Å². The third-order valence-electron chi connectivity index (χ3n) is 5.70. The van der Waals surface area contributed by atoms with Gasteiger partial charge in [0.1, 0.15) is 0 Å². The molecule has 0 radical (unpaired) electrons. The predicted octanol–water partition coefficient (Wildman–Crippen LogP) is 1.03. The lowest BCUT2D eigenvalue weighted by Crippen LogP contribution is -3.17. The Labute approximate surface area is 110 Å². The summed E-state index contributed by atoms with van der Waals surface area (Å²) in [6.45, 7) is 8.29. The highest BCUT2D eigenvalue weighted by molar-refractivity contribution is 5.18. The first kappa shape index (κ1) is 11.1. The molecular weight excluding hydrogens is 220 g/mol. The van der Waals surface area contributed by atoms with Gasteiger partial charge in [0.25, 0.3) is 0 Å². The standard InChI is InChI=1S/C16H23N2/c1-12-5-4-7-16-13-9-14(11-18(12)16)15-6-2-3-8-17(15)10-13/h4-5,7,13-16H,1-3,6,8-11H2/q-1/p+1/t13-,14-,15+,16?/m0/s1. The maximum atomic E-state index is 4.27. The number of quaternary nitrogens is 1. The highest BCUT2D eigenvalue weighted by Gasteiger charge is 2.47. The normalized spacial score (nSPS) is 47.1. The molecule has 0 aromatic carbocycles. The van der Waals surface area contributed by atoms with Crippen LogP contribution < -0.4 is 4.90 Å². The first-order valence-electron chi connectivity index (χ1n) is 7.63. The minimum atomic E-state index is 0.710. The van der Waals surface area contributed by atoms with Crippen LogP contribution in [0.2, 0.25) is 0 Å². The van der Waals surface area contributed by atoms with Gasteiger partial charge in [0.05, 0.1) is 12.6 Å². The summed E-state index contributed by atoms with van der Waals surface area (Å²) in [7, 11) is 0. The Hall–Kier alpha value is -0.730. The second-order valence-corrected chi connectivity index (χ2v) is 6.65. The van der Waals surface area contributed by atoms with Gasteiger partial charge in [0.2, 0.25) is 0 Å². The van der Waals surface area contributed by atoms with Crippen LogP contribution >= 0.6 is 0 Å². The van der Waals surface area contributed by atoms with Gasteiger partial charge >= 0.3 is 0 Å². The van der Waals surface area contributed by atoms with Crippen LogP contribution in [0.1, 0.15) is 25.7 Å². The lowest BCUT2D eigenvalue weighted by atomic mass is 9.71. The molecule has 2 bridgehead atoms. The van der Waals surface area contributed by atoms with E-state index in [0.29, 0.717) is 6.04 Å². The number of piperidine rings is 3. The monoisotopic (exact) mass is 244 g/mol. The number of hydrogen-bond acceptors (Lipinski definition) is 1. The zero-order valence-corrected chi connectivity index (χ0v) is 11.1. The lowest BCUT2D eigenvalue weighted by molar-refractivity contribution is -0.896. The van der Waals surface area contributed by atoms with Crippen molar-refractivity contribution in [3.63, 3.8) is 0 Å². The first-order valence-corrected chi connectivity index (χ1v) is 7.63. The molecular formula is C16H24N2. The first-order chi connectivity index (χ1) is 8.83. The summed E-state index contributed by atoms with van der Waals surface area (Å²) in [6.07, 6.45) is 12.7. The van der Waals surface area contributed by atoms with Gasteiger partial charge in [-0.2, -0.15) is 6.42 Å². The van der Waals surface area contributed by atoms with Crippen LogP contribution in [0.3, 0.4) is 0 Å². The lowest BCUT2D eigenvalue weighted by Gasteiger charge is -2.56. The van der Waals surface area contributed by atoms with Crippen molar-refractivity contribution in [3.8, 4) is 0 Å². The Morgan fingerprint density at radius 3 is 3.22 bits per heavy atom. The number of fused-ring (bicyclic) bond motifs is 6. The highest BCUT2D eigenvalue weighted by atomic mass is 15.3. The van der Waals surface area contributed by atoms with Gasteiger partial charge in [-0.15, -0.1) is 6.08 Å². The fourth-order valence-corrected chi connectivity index (χ4v) is 4.90. The molecule has 18 heavy (non-hydrogen) atoms. The summed E-state index contributed by atoms with van der Waals surface area (Å²) >= 11 is 0. The van der Waals surface area contributed by atoms with E-state index < -0.39 is 0 Å². The number of allylic oxidation sites excluding steroid dienone is 1. The van der Waals surface area contributed by atoms with Gasteiger partial charge in [0.15, 0.2) is 0 Å². The van der Waals surface area contributed by atoms with Gasteiger partial charge < -0.3 is 4.90 Å². The van der Waals surface area contributed by atoms with E-state index in [-0.39, 0.29) is 0 Å².